The smallest absolute Gasteiger partial charge is 0.272 e. The number of nitrogens with one attached hydrogen (secondary N) is 2. The Morgan fingerprint density at radius 2 is 1.59 bits per heavy atom. The Bertz CT molecular complexity index is 858. The standard InChI is InChI=1S/C20H23F2N3OS/c1-12-8-13(2)10-14(9-12)18(26)25(20(3,4)5)24-19(27)23-15-6-7-16(21)17(22)11-15/h6-11H,1-5H3,(H2,23,24,27). The van der Waals surface area contributed by atoms with Crippen LogP contribution in [0.3, 0.4) is 0 Å². The molecule has 0 heterocycles. The fourth-order valence-electron chi connectivity index (χ4n) is 2.58. The van der Waals surface area contributed by atoms with Gasteiger partial charge in [0.1, 0.15) is 0 Å². The molecule has 1 amide bonds. The Balaban J connectivity index is 2.22. The van der Waals surface area contributed by atoms with Crippen molar-refractivity contribution in [1.82, 2.24) is 10.4 Å². The van der Waals surface area contributed by atoms with Gasteiger partial charge in [0, 0.05) is 17.3 Å². The van der Waals surface area contributed by atoms with Crippen LogP contribution in [0.1, 0.15) is 42.3 Å². The third-order valence-corrected chi connectivity index (χ3v) is 3.93. The maximum absolute atomic E-state index is 13.4. The number of carbonyl (C=O) groups is 1. The molecule has 0 bridgehead atoms. The molecule has 0 unspecified atom stereocenters. The van der Waals surface area contributed by atoms with E-state index in [9.17, 15) is 13.6 Å². The van der Waals surface area contributed by atoms with E-state index >= 15 is 0 Å². The molecule has 27 heavy (non-hydrogen) atoms. The molecule has 144 valence electrons. The predicted octanol–water partition coefficient (Wildman–Crippen LogP) is 4.72. The summed E-state index contributed by atoms with van der Waals surface area (Å²) in [5, 5.41) is 4.27. The van der Waals surface area contributed by atoms with Gasteiger partial charge in [-0.05, 0) is 71.1 Å². The highest BCUT2D eigenvalue weighted by atomic mass is 32.1. The van der Waals surface area contributed by atoms with E-state index in [2.05, 4.69) is 10.7 Å². The minimum Gasteiger partial charge on any atom is -0.331 e. The van der Waals surface area contributed by atoms with Crippen molar-refractivity contribution in [3.8, 4) is 0 Å². The molecule has 2 aromatic carbocycles. The van der Waals surface area contributed by atoms with Crippen LogP contribution in [0.15, 0.2) is 36.4 Å². The molecule has 0 saturated heterocycles. The van der Waals surface area contributed by atoms with Crippen molar-refractivity contribution in [3.05, 3.63) is 64.7 Å². The number of hydrogen-bond acceptors (Lipinski definition) is 2. The number of rotatable bonds is 2. The molecule has 2 aromatic rings. The summed E-state index contributed by atoms with van der Waals surface area (Å²) in [4.78, 5) is 13.0. The van der Waals surface area contributed by atoms with Gasteiger partial charge in [-0.1, -0.05) is 17.2 Å². The van der Waals surface area contributed by atoms with Gasteiger partial charge in [0.2, 0.25) is 0 Å². The zero-order valence-electron chi connectivity index (χ0n) is 16.0. The van der Waals surface area contributed by atoms with Crippen LogP contribution in [0.5, 0.6) is 0 Å². The Hall–Kier alpha value is -2.54. The lowest BCUT2D eigenvalue weighted by Crippen LogP contribution is -2.56. The maximum Gasteiger partial charge on any atom is 0.272 e. The SMILES string of the molecule is Cc1cc(C)cc(C(=O)N(NC(=S)Nc2ccc(F)c(F)c2)C(C)(C)C)c1. The van der Waals surface area contributed by atoms with Crippen molar-refractivity contribution >= 4 is 28.9 Å². The van der Waals surface area contributed by atoms with Crippen molar-refractivity contribution in [2.75, 3.05) is 5.32 Å². The van der Waals surface area contributed by atoms with Crippen LogP contribution in [0.2, 0.25) is 0 Å². The number of hydrogen-bond donors (Lipinski definition) is 2. The fraction of sp³-hybridized carbons (Fsp3) is 0.300. The highest BCUT2D eigenvalue weighted by Gasteiger charge is 2.28. The van der Waals surface area contributed by atoms with Gasteiger partial charge in [-0.3, -0.25) is 10.2 Å². The molecule has 0 saturated carbocycles. The van der Waals surface area contributed by atoms with Crippen molar-refractivity contribution < 1.29 is 13.6 Å². The summed E-state index contributed by atoms with van der Waals surface area (Å²) in [6.07, 6.45) is 0. The molecule has 0 aliphatic rings. The predicted molar refractivity (Wildman–Crippen MR) is 108 cm³/mol. The summed E-state index contributed by atoms with van der Waals surface area (Å²) in [6, 6.07) is 8.96. The van der Waals surface area contributed by atoms with Crippen LogP contribution in [0.4, 0.5) is 14.5 Å². The summed E-state index contributed by atoms with van der Waals surface area (Å²) in [5.41, 5.74) is 5.05. The van der Waals surface area contributed by atoms with E-state index in [4.69, 9.17) is 12.2 Å². The number of amides is 1. The third-order valence-electron chi connectivity index (χ3n) is 3.73. The zero-order valence-corrected chi connectivity index (χ0v) is 16.8. The number of hydrazine groups is 1. The van der Waals surface area contributed by atoms with E-state index in [-0.39, 0.29) is 16.7 Å². The normalized spacial score (nSPS) is 11.1. The van der Waals surface area contributed by atoms with E-state index in [0.717, 1.165) is 23.3 Å². The molecule has 2 N–H and O–H groups in total. The largest absolute Gasteiger partial charge is 0.331 e. The number of benzene rings is 2. The van der Waals surface area contributed by atoms with Gasteiger partial charge in [-0.15, -0.1) is 0 Å². The quantitative estimate of drug-likeness (QED) is 0.574. The number of halogens is 2. The second-order valence-electron chi connectivity index (χ2n) is 7.38. The summed E-state index contributed by atoms with van der Waals surface area (Å²) in [5.74, 6) is -2.17. The average Bonchev–Trinajstić information content (AvgIpc) is 2.53. The molecular formula is C20H23F2N3OS. The number of carbonyl (C=O) groups excluding carboxylic acids is 1. The lowest BCUT2D eigenvalue weighted by molar-refractivity contribution is 0.0499. The third kappa shape index (κ3) is 5.47. The molecule has 0 aliphatic heterocycles. The number of anilines is 1. The first-order valence-electron chi connectivity index (χ1n) is 8.43. The topological polar surface area (TPSA) is 44.4 Å². The first kappa shape index (κ1) is 20.8. The second-order valence-corrected chi connectivity index (χ2v) is 7.79. The van der Waals surface area contributed by atoms with Crippen LogP contribution in [-0.2, 0) is 0 Å². The van der Waals surface area contributed by atoms with Crippen molar-refractivity contribution in [2.45, 2.75) is 40.2 Å². The van der Waals surface area contributed by atoms with Gasteiger partial charge in [-0.25, -0.2) is 13.8 Å². The Morgan fingerprint density at radius 3 is 2.11 bits per heavy atom. The summed E-state index contributed by atoms with van der Waals surface area (Å²) < 4.78 is 26.4. The highest BCUT2D eigenvalue weighted by molar-refractivity contribution is 7.80. The van der Waals surface area contributed by atoms with Crippen LogP contribution in [0.25, 0.3) is 0 Å². The molecule has 4 nitrogen and oxygen atoms in total. The van der Waals surface area contributed by atoms with Gasteiger partial charge < -0.3 is 5.32 Å². The van der Waals surface area contributed by atoms with Crippen LogP contribution in [-0.4, -0.2) is 21.6 Å². The van der Waals surface area contributed by atoms with E-state index in [0.29, 0.717) is 5.56 Å². The molecular weight excluding hydrogens is 368 g/mol. The van der Waals surface area contributed by atoms with Crippen molar-refractivity contribution in [3.63, 3.8) is 0 Å². The van der Waals surface area contributed by atoms with Gasteiger partial charge in [0.15, 0.2) is 16.7 Å². The lowest BCUT2D eigenvalue weighted by atomic mass is 10.0. The summed E-state index contributed by atoms with van der Waals surface area (Å²) in [7, 11) is 0. The van der Waals surface area contributed by atoms with Crippen LogP contribution < -0.4 is 10.7 Å². The Morgan fingerprint density at radius 1 is 1.00 bits per heavy atom. The van der Waals surface area contributed by atoms with Crippen molar-refractivity contribution in [1.29, 1.82) is 0 Å². The number of thiocarbonyl (C=S) groups is 1. The average molecular weight is 391 g/mol. The summed E-state index contributed by atoms with van der Waals surface area (Å²) >= 11 is 5.25. The molecule has 0 radical (unpaired) electrons. The van der Waals surface area contributed by atoms with Crippen LogP contribution in [0, 0.1) is 25.5 Å². The Labute approximate surface area is 163 Å². The van der Waals surface area contributed by atoms with Crippen LogP contribution >= 0.6 is 12.2 Å². The van der Waals surface area contributed by atoms with Crippen molar-refractivity contribution in [2.24, 2.45) is 0 Å². The maximum atomic E-state index is 13.4. The highest BCUT2D eigenvalue weighted by Crippen LogP contribution is 2.18. The molecule has 0 aliphatic carbocycles. The van der Waals surface area contributed by atoms with Gasteiger partial charge in [-0.2, -0.15) is 0 Å². The number of aryl methyl sites for hydroxylation is 2. The lowest BCUT2D eigenvalue weighted by Gasteiger charge is -2.36. The Kier molecular flexibility index (Phi) is 6.15. The van der Waals surface area contributed by atoms with Gasteiger partial charge >= 0.3 is 0 Å². The molecule has 2 rings (SSSR count). The van der Waals surface area contributed by atoms with Gasteiger partial charge in [0.25, 0.3) is 5.91 Å². The molecule has 0 aromatic heterocycles. The fourth-order valence-corrected chi connectivity index (χ4v) is 2.79. The minimum atomic E-state index is -0.984. The first-order valence-corrected chi connectivity index (χ1v) is 8.84. The second kappa shape index (κ2) is 8.00. The van der Waals surface area contributed by atoms with E-state index in [1.807, 2.05) is 52.8 Å². The molecule has 0 spiro atoms. The van der Waals surface area contributed by atoms with E-state index in [1.165, 1.54) is 11.1 Å². The zero-order chi connectivity index (χ0) is 20.4. The molecule has 0 atom stereocenters. The van der Waals surface area contributed by atoms with E-state index in [1.54, 1.807) is 0 Å². The molecule has 0 fully saturated rings. The first-order chi connectivity index (χ1) is 12.5. The monoisotopic (exact) mass is 391 g/mol. The minimum absolute atomic E-state index is 0.0914. The van der Waals surface area contributed by atoms with Gasteiger partial charge in [0.05, 0.1) is 5.54 Å². The number of nitrogens with zero attached hydrogens (tertiary/aromatic N) is 1. The van der Waals surface area contributed by atoms with E-state index < -0.39 is 17.2 Å². The molecule has 7 heteroatoms. The summed E-state index contributed by atoms with van der Waals surface area (Å²) in [6.45, 7) is 9.43.